The van der Waals surface area contributed by atoms with Crippen LogP contribution >= 0.6 is 0 Å². The molecule has 7 heteroatoms. The van der Waals surface area contributed by atoms with Crippen molar-refractivity contribution in [3.05, 3.63) is 53.9 Å². The number of hydrogen-bond acceptors (Lipinski definition) is 6. The van der Waals surface area contributed by atoms with Crippen molar-refractivity contribution in [2.24, 2.45) is 28.6 Å². The number of hydrogen-bond donors (Lipinski definition) is 1. The zero-order chi connectivity index (χ0) is 26.9. The van der Waals surface area contributed by atoms with E-state index in [1.807, 2.05) is 6.08 Å². The normalized spacial score (nSPS) is 43.1. The van der Waals surface area contributed by atoms with Crippen LogP contribution in [0.3, 0.4) is 0 Å². The lowest BCUT2D eigenvalue weighted by Crippen LogP contribution is -2.63. The SMILES string of the molecule is CCC[C@@H]1O[C@@H]2C[C@H]3[C@@H]4CCC5=CC(=O)C=C[C@]5(C)[C@H]4[C@@H](O)C[C@]3(C)[C@]2(C(=O)COc2ccc(F)cc2)O1. The van der Waals surface area contributed by atoms with Crippen molar-refractivity contribution in [3.63, 3.8) is 0 Å². The van der Waals surface area contributed by atoms with Crippen LogP contribution in [0.5, 0.6) is 5.75 Å². The van der Waals surface area contributed by atoms with Gasteiger partial charge in [-0.25, -0.2) is 4.39 Å². The Morgan fingerprint density at radius 3 is 2.74 bits per heavy atom. The van der Waals surface area contributed by atoms with Gasteiger partial charge in [-0.1, -0.05) is 38.8 Å². The molecule has 6 nitrogen and oxygen atoms in total. The Balaban J connectivity index is 1.34. The van der Waals surface area contributed by atoms with Crippen molar-refractivity contribution in [1.29, 1.82) is 0 Å². The molecule has 1 aliphatic heterocycles. The standard InChI is InChI=1S/C31H37FO6/c1-4-5-27-37-26-15-23-22-11-6-18-14-20(33)12-13-29(18,2)28(22)24(34)16-30(23,3)31(26,38-27)25(35)17-36-21-9-7-19(32)8-10-21/h7-10,12-14,22-24,26-28,34H,4-6,11,15-17H2,1-3H3/t22-,23-,24-,26+,27+,28+,29-,30-,31+/m0/s1. The van der Waals surface area contributed by atoms with Crippen LogP contribution in [0.1, 0.15) is 59.3 Å². The highest BCUT2D eigenvalue weighted by Gasteiger charge is 2.75. The first kappa shape index (κ1) is 25.9. The number of halogens is 1. The Kier molecular flexibility index (Phi) is 6.21. The molecule has 0 bridgehead atoms. The van der Waals surface area contributed by atoms with Gasteiger partial charge in [0, 0.05) is 16.7 Å². The van der Waals surface area contributed by atoms with E-state index in [0.29, 0.717) is 25.0 Å². The van der Waals surface area contributed by atoms with E-state index in [4.69, 9.17) is 14.2 Å². The number of carbonyl (C=O) groups is 2. The van der Waals surface area contributed by atoms with Gasteiger partial charge >= 0.3 is 0 Å². The van der Waals surface area contributed by atoms with Gasteiger partial charge in [-0.2, -0.15) is 0 Å². The summed E-state index contributed by atoms with van der Waals surface area (Å²) in [6, 6.07) is 5.62. The first-order valence-corrected chi connectivity index (χ1v) is 14.0. The molecule has 1 aromatic rings. The van der Waals surface area contributed by atoms with Crippen molar-refractivity contribution in [2.75, 3.05) is 6.61 Å². The highest BCUT2D eigenvalue weighted by molar-refractivity contribution is 6.01. The van der Waals surface area contributed by atoms with Gasteiger partial charge in [0.05, 0.1) is 12.2 Å². The molecule has 1 N–H and O–H groups in total. The third-order valence-electron chi connectivity index (χ3n) is 10.4. The summed E-state index contributed by atoms with van der Waals surface area (Å²) >= 11 is 0. The summed E-state index contributed by atoms with van der Waals surface area (Å²) in [5, 5.41) is 11.8. The molecule has 0 unspecified atom stereocenters. The van der Waals surface area contributed by atoms with Crippen LogP contribution in [0, 0.1) is 34.4 Å². The zero-order valence-corrected chi connectivity index (χ0v) is 22.3. The number of aliphatic hydroxyl groups excluding tert-OH is 1. The molecule has 4 fully saturated rings. The van der Waals surface area contributed by atoms with Crippen LogP contribution in [0.25, 0.3) is 0 Å². The second kappa shape index (κ2) is 9.10. The smallest absolute Gasteiger partial charge is 0.205 e. The molecule has 0 spiro atoms. The minimum Gasteiger partial charge on any atom is -0.486 e. The van der Waals surface area contributed by atoms with Crippen LogP contribution in [-0.4, -0.2) is 47.4 Å². The summed E-state index contributed by atoms with van der Waals surface area (Å²) < 4.78 is 32.3. The summed E-state index contributed by atoms with van der Waals surface area (Å²) in [5.41, 5.74) is -1.15. The first-order valence-electron chi connectivity index (χ1n) is 14.0. The van der Waals surface area contributed by atoms with Crippen molar-refractivity contribution in [3.8, 4) is 5.75 Å². The lowest BCUT2D eigenvalue weighted by molar-refractivity contribution is -0.200. The molecule has 0 amide bonds. The van der Waals surface area contributed by atoms with E-state index in [1.54, 1.807) is 12.2 Å². The van der Waals surface area contributed by atoms with E-state index in [-0.39, 0.29) is 47.2 Å². The third kappa shape index (κ3) is 3.61. The van der Waals surface area contributed by atoms with Gasteiger partial charge in [0.2, 0.25) is 5.78 Å². The Hall–Kier alpha value is -2.35. The van der Waals surface area contributed by atoms with E-state index in [0.717, 1.165) is 24.8 Å². The maximum atomic E-state index is 14.1. The number of Topliss-reactive ketones (excluding diaryl/α,β-unsaturated/α-hetero) is 1. The molecule has 0 aromatic heterocycles. The summed E-state index contributed by atoms with van der Waals surface area (Å²) in [6.45, 7) is 6.08. The summed E-state index contributed by atoms with van der Waals surface area (Å²) in [4.78, 5) is 26.3. The topological polar surface area (TPSA) is 82.1 Å². The molecular formula is C31H37FO6. The number of allylic oxidation sites excluding steroid dienone is 4. The third-order valence-corrected chi connectivity index (χ3v) is 10.4. The molecule has 5 aliphatic rings. The van der Waals surface area contributed by atoms with Crippen LogP contribution in [-0.2, 0) is 19.1 Å². The predicted octanol–water partition coefficient (Wildman–Crippen LogP) is 4.94. The Labute approximate surface area is 223 Å². The molecule has 1 saturated heterocycles. The van der Waals surface area contributed by atoms with Crippen molar-refractivity contribution in [1.82, 2.24) is 0 Å². The maximum absolute atomic E-state index is 14.1. The summed E-state index contributed by atoms with van der Waals surface area (Å²) in [5.74, 6) is 0.0981. The highest BCUT2D eigenvalue weighted by atomic mass is 19.1. The van der Waals surface area contributed by atoms with Crippen LogP contribution in [0.2, 0.25) is 0 Å². The van der Waals surface area contributed by atoms with E-state index >= 15 is 0 Å². The number of benzene rings is 1. The van der Waals surface area contributed by atoms with Gasteiger partial charge in [-0.3, -0.25) is 9.59 Å². The van der Waals surface area contributed by atoms with Gasteiger partial charge < -0.3 is 19.3 Å². The predicted molar refractivity (Wildman–Crippen MR) is 138 cm³/mol. The molecule has 1 aromatic carbocycles. The maximum Gasteiger partial charge on any atom is 0.205 e. The molecule has 3 saturated carbocycles. The van der Waals surface area contributed by atoms with Gasteiger partial charge in [0.25, 0.3) is 0 Å². The van der Waals surface area contributed by atoms with Crippen LogP contribution in [0.15, 0.2) is 48.1 Å². The number of carbonyl (C=O) groups excluding carboxylic acids is 2. The average Bonchev–Trinajstić information content (AvgIpc) is 3.36. The minimum atomic E-state index is -1.22. The second-order valence-corrected chi connectivity index (χ2v) is 12.3. The molecule has 9 atom stereocenters. The highest BCUT2D eigenvalue weighted by Crippen LogP contribution is 2.69. The summed E-state index contributed by atoms with van der Waals surface area (Å²) in [7, 11) is 0. The fourth-order valence-electron chi connectivity index (χ4n) is 8.79. The van der Waals surface area contributed by atoms with Crippen molar-refractivity contribution < 1.29 is 33.3 Å². The van der Waals surface area contributed by atoms with Crippen molar-refractivity contribution in [2.45, 2.75) is 83.4 Å². The van der Waals surface area contributed by atoms with Gasteiger partial charge in [-0.05, 0) is 80.4 Å². The molecule has 0 radical (unpaired) electrons. The van der Waals surface area contributed by atoms with Crippen molar-refractivity contribution >= 4 is 11.6 Å². The number of ether oxygens (including phenoxy) is 3. The molecule has 38 heavy (non-hydrogen) atoms. The number of rotatable bonds is 6. The Bertz CT molecular complexity index is 1190. The molecule has 6 rings (SSSR count). The number of fused-ring (bicyclic) bond motifs is 7. The quantitative estimate of drug-likeness (QED) is 0.568. The fraction of sp³-hybridized carbons (Fsp3) is 0.613. The molecule has 204 valence electrons. The number of ketones is 2. The lowest BCUT2D eigenvalue weighted by Gasteiger charge is -2.59. The van der Waals surface area contributed by atoms with E-state index in [1.165, 1.54) is 24.3 Å². The summed E-state index contributed by atoms with van der Waals surface area (Å²) in [6.07, 6.45) is 8.11. The largest absolute Gasteiger partial charge is 0.486 e. The second-order valence-electron chi connectivity index (χ2n) is 12.3. The van der Waals surface area contributed by atoms with E-state index in [9.17, 15) is 19.1 Å². The molecule has 1 heterocycles. The van der Waals surface area contributed by atoms with E-state index in [2.05, 4.69) is 20.8 Å². The van der Waals surface area contributed by atoms with E-state index < -0.39 is 29.5 Å². The molecule has 4 aliphatic carbocycles. The van der Waals surface area contributed by atoms with Gasteiger partial charge in [0.15, 0.2) is 17.7 Å². The molecular weight excluding hydrogens is 487 g/mol. The fourth-order valence-corrected chi connectivity index (χ4v) is 8.79. The lowest BCUT2D eigenvalue weighted by atomic mass is 9.46. The van der Waals surface area contributed by atoms with Gasteiger partial charge in [0.1, 0.15) is 18.2 Å². The average molecular weight is 525 g/mol. The Morgan fingerprint density at radius 2 is 2.00 bits per heavy atom. The Morgan fingerprint density at radius 1 is 1.24 bits per heavy atom. The van der Waals surface area contributed by atoms with Gasteiger partial charge in [-0.15, -0.1) is 0 Å². The minimum absolute atomic E-state index is 0.0101. The number of aliphatic hydroxyl groups is 1. The van der Waals surface area contributed by atoms with Crippen LogP contribution < -0.4 is 4.74 Å². The first-order chi connectivity index (χ1) is 18.1. The monoisotopic (exact) mass is 524 g/mol. The van der Waals surface area contributed by atoms with Crippen LogP contribution in [0.4, 0.5) is 4.39 Å². The zero-order valence-electron chi connectivity index (χ0n) is 22.3.